The molecule has 0 radical (unpaired) electrons. The smallest absolute Gasteiger partial charge is 0.164 e. The summed E-state index contributed by atoms with van der Waals surface area (Å²) in [6, 6.07) is 0. The summed E-state index contributed by atoms with van der Waals surface area (Å²) in [7, 11) is 0. The van der Waals surface area contributed by atoms with Crippen LogP contribution in [0, 0.1) is 5.92 Å². The van der Waals surface area contributed by atoms with Crippen molar-refractivity contribution in [2.75, 3.05) is 0 Å². The molecule has 0 spiro atoms. The van der Waals surface area contributed by atoms with Gasteiger partial charge in [-0.2, -0.15) is 0 Å². The Morgan fingerprint density at radius 2 is 1.69 bits per heavy atom. The molecule has 78 valence electrons. The molecule has 1 aliphatic rings. The van der Waals surface area contributed by atoms with Gasteiger partial charge in [0.05, 0.1) is 0 Å². The average Bonchev–Trinajstić information content (AvgIpc) is 2.21. The van der Waals surface area contributed by atoms with Crippen LogP contribution in [-0.2, 0) is 4.79 Å². The molecule has 0 N–H and O–H groups in total. The summed E-state index contributed by atoms with van der Waals surface area (Å²) in [5.74, 6) is -0.266. The Labute approximate surface area is 80.7 Å². The Morgan fingerprint density at radius 1 is 1.23 bits per heavy atom. The van der Waals surface area contributed by atoms with E-state index in [-0.39, 0.29) is 11.7 Å². The lowest BCUT2D eigenvalue weighted by Gasteiger charge is -2.23. The largest absolute Gasteiger partial charge is 0.297 e. The fourth-order valence-corrected chi connectivity index (χ4v) is 1.76. The van der Waals surface area contributed by atoms with Crippen LogP contribution in [0.1, 0.15) is 52.9 Å². The van der Waals surface area contributed by atoms with E-state index in [2.05, 4.69) is 0 Å². The third-order valence-corrected chi connectivity index (χ3v) is 2.45. The van der Waals surface area contributed by atoms with Crippen molar-refractivity contribution < 1.29 is 9.18 Å². The molecule has 1 nitrogen and oxygen atoms in total. The number of hydrogen-bond donors (Lipinski definition) is 0. The molecule has 0 aromatic heterocycles. The standard InChI is InChI=1S/C9H15FO.C2H6/c1-7(11)9(10)8-5-3-2-4-6-8;1-2/h8-9H,2-6H2,1H3;1-2H3. The van der Waals surface area contributed by atoms with Gasteiger partial charge in [-0.1, -0.05) is 33.1 Å². The Morgan fingerprint density at radius 3 is 2.08 bits per heavy atom. The van der Waals surface area contributed by atoms with Crippen LogP contribution in [0.3, 0.4) is 0 Å². The quantitative estimate of drug-likeness (QED) is 0.648. The zero-order valence-electron chi connectivity index (χ0n) is 8.98. The van der Waals surface area contributed by atoms with Crippen molar-refractivity contribution in [3.8, 4) is 0 Å². The molecule has 1 aliphatic carbocycles. The Bertz CT molecular complexity index is 139. The minimum atomic E-state index is -1.18. The fourth-order valence-electron chi connectivity index (χ4n) is 1.76. The van der Waals surface area contributed by atoms with Gasteiger partial charge in [0.25, 0.3) is 0 Å². The van der Waals surface area contributed by atoms with Crippen molar-refractivity contribution in [3.63, 3.8) is 0 Å². The molecule has 0 aromatic carbocycles. The summed E-state index contributed by atoms with van der Waals surface area (Å²) in [4.78, 5) is 10.7. The lowest BCUT2D eigenvalue weighted by Crippen LogP contribution is -2.25. The summed E-state index contributed by atoms with van der Waals surface area (Å²) in [5, 5.41) is 0. The van der Waals surface area contributed by atoms with Gasteiger partial charge in [0.1, 0.15) is 0 Å². The number of carbonyl (C=O) groups excluding carboxylic acids is 1. The van der Waals surface area contributed by atoms with Crippen molar-refractivity contribution in [2.24, 2.45) is 5.92 Å². The van der Waals surface area contributed by atoms with Crippen molar-refractivity contribution in [3.05, 3.63) is 0 Å². The molecule has 1 fully saturated rings. The molecule has 13 heavy (non-hydrogen) atoms. The molecule has 0 aromatic rings. The summed E-state index contributed by atoms with van der Waals surface area (Å²) >= 11 is 0. The van der Waals surface area contributed by atoms with E-state index in [1.54, 1.807) is 0 Å². The summed E-state index contributed by atoms with van der Waals surface area (Å²) < 4.78 is 13.1. The number of hydrogen-bond acceptors (Lipinski definition) is 1. The first kappa shape index (κ1) is 12.6. The fraction of sp³-hybridized carbons (Fsp3) is 0.909. The Hall–Kier alpha value is -0.400. The third-order valence-electron chi connectivity index (χ3n) is 2.45. The van der Waals surface area contributed by atoms with Crippen LogP contribution < -0.4 is 0 Å². The highest BCUT2D eigenvalue weighted by atomic mass is 19.1. The van der Waals surface area contributed by atoms with E-state index in [4.69, 9.17) is 0 Å². The van der Waals surface area contributed by atoms with Crippen LogP contribution in [0.4, 0.5) is 4.39 Å². The Kier molecular flexibility index (Phi) is 6.83. The van der Waals surface area contributed by atoms with Gasteiger partial charge < -0.3 is 0 Å². The minimum absolute atomic E-state index is 0.0289. The molecule has 1 atom stereocenters. The van der Waals surface area contributed by atoms with Gasteiger partial charge in [-0.15, -0.1) is 0 Å². The van der Waals surface area contributed by atoms with E-state index >= 15 is 0 Å². The first-order valence-electron chi connectivity index (χ1n) is 5.36. The highest BCUT2D eigenvalue weighted by Crippen LogP contribution is 2.28. The molecule has 0 heterocycles. The van der Waals surface area contributed by atoms with E-state index in [9.17, 15) is 9.18 Å². The van der Waals surface area contributed by atoms with Gasteiger partial charge in [0.15, 0.2) is 12.0 Å². The van der Waals surface area contributed by atoms with E-state index in [1.807, 2.05) is 13.8 Å². The highest BCUT2D eigenvalue weighted by molar-refractivity contribution is 5.80. The molecule has 0 saturated heterocycles. The van der Waals surface area contributed by atoms with Crippen LogP contribution in [0.25, 0.3) is 0 Å². The zero-order valence-corrected chi connectivity index (χ0v) is 8.98. The maximum absolute atomic E-state index is 13.1. The summed E-state index contributed by atoms with van der Waals surface area (Å²) in [5.41, 5.74) is 0. The number of Topliss-reactive ketones (excluding diaryl/α,β-unsaturated/α-hetero) is 1. The minimum Gasteiger partial charge on any atom is -0.297 e. The predicted octanol–water partition coefficient (Wildman–Crippen LogP) is 3.52. The molecule has 0 aliphatic heterocycles. The second-order valence-corrected chi connectivity index (χ2v) is 3.41. The van der Waals surface area contributed by atoms with Crippen molar-refractivity contribution >= 4 is 5.78 Å². The molecule has 1 rings (SSSR count). The van der Waals surface area contributed by atoms with Crippen molar-refractivity contribution in [1.82, 2.24) is 0 Å². The first-order valence-corrected chi connectivity index (χ1v) is 5.36. The Balaban J connectivity index is 0.000000671. The first-order chi connectivity index (χ1) is 6.22. The monoisotopic (exact) mass is 188 g/mol. The van der Waals surface area contributed by atoms with Gasteiger partial charge in [-0.05, 0) is 25.7 Å². The number of alkyl halides is 1. The van der Waals surface area contributed by atoms with E-state index < -0.39 is 6.17 Å². The SMILES string of the molecule is CC.CC(=O)C(F)C1CCCCC1. The molecule has 1 saturated carbocycles. The van der Waals surface area contributed by atoms with Crippen molar-refractivity contribution in [2.45, 2.75) is 59.0 Å². The van der Waals surface area contributed by atoms with E-state index in [1.165, 1.54) is 13.3 Å². The molecular formula is C11H21FO. The third kappa shape index (κ3) is 4.39. The van der Waals surface area contributed by atoms with Gasteiger partial charge in [-0.3, -0.25) is 4.79 Å². The van der Waals surface area contributed by atoms with Crippen molar-refractivity contribution in [1.29, 1.82) is 0 Å². The van der Waals surface area contributed by atoms with Gasteiger partial charge >= 0.3 is 0 Å². The molecule has 0 bridgehead atoms. The van der Waals surface area contributed by atoms with Crippen LogP contribution in [0.15, 0.2) is 0 Å². The van der Waals surface area contributed by atoms with Crippen LogP contribution >= 0.6 is 0 Å². The van der Waals surface area contributed by atoms with Crippen LogP contribution in [0.5, 0.6) is 0 Å². The number of rotatable bonds is 2. The summed E-state index contributed by atoms with van der Waals surface area (Å²) in [6.07, 6.45) is 4.02. The summed E-state index contributed by atoms with van der Waals surface area (Å²) in [6.45, 7) is 5.35. The van der Waals surface area contributed by atoms with E-state index in [0.29, 0.717) is 0 Å². The number of carbonyl (C=O) groups is 1. The van der Waals surface area contributed by atoms with Gasteiger partial charge in [0.2, 0.25) is 0 Å². The highest BCUT2D eigenvalue weighted by Gasteiger charge is 2.26. The van der Waals surface area contributed by atoms with Gasteiger partial charge in [-0.25, -0.2) is 4.39 Å². The zero-order chi connectivity index (χ0) is 10.3. The van der Waals surface area contributed by atoms with Gasteiger partial charge in [0, 0.05) is 0 Å². The van der Waals surface area contributed by atoms with Crippen LogP contribution in [-0.4, -0.2) is 12.0 Å². The molecule has 2 heteroatoms. The lowest BCUT2D eigenvalue weighted by atomic mass is 9.85. The lowest BCUT2D eigenvalue weighted by molar-refractivity contribution is -0.123. The number of ketones is 1. The maximum Gasteiger partial charge on any atom is 0.164 e. The predicted molar refractivity (Wildman–Crippen MR) is 53.5 cm³/mol. The van der Waals surface area contributed by atoms with Crippen LogP contribution in [0.2, 0.25) is 0 Å². The molecule has 0 amide bonds. The molecule has 1 unspecified atom stereocenters. The van der Waals surface area contributed by atoms with E-state index in [0.717, 1.165) is 25.7 Å². The second kappa shape index (κ2) is 7.05. The normalized spacial score (nSPS) is 20.0. The average molecular weight is 188 g/mol. The topological polar surface area (TPSA) is 17.1 Å². The molecular weight excluding hydrogens is 167 g/mol. The second-order valence-electron chi connectivity index (χ2n) is 3.41. The number of halogens is 1. The maximum atomic E-state index is 13.1.